The number of Topliss-reactive ketones (excluding diaryl/α,β-unsaturated/α-hetero) is 1. The Balaban J connectivity index is 1.78. The lowest BCUT2D eigenvalue weighted by molar-refractivity contribution is -0.112. The van der Waals surface area contributed by atoms with Gasteiger partial charge in [-0.25, -0.2) is 4.39 Å². The van der Waals surface area contributed by atoms with Crippen molar-refractivity contribution in [3.8, 4) is 11.1 Å². The van der Waals surface area contributed by atoms with Gasteiger partial charge in [0, 0.05) is 28.0 Å². The van der Waals surface area contributed by atoms with Gasteiger partial charge in [0.25, 0.3) is 11.7 Å². The van der Waals surface area contributed by atoms with Gasteiger partial charge in [0.1, 0.15) is 11.5 Å². The number of ketones is 1. The Morgan fingerprint density at radius 2 is 1.71 bits per heavy atom. The normalized spacial score (nSPS) is 10.8. The van der Waals surface area contributed by atoms with E-state index in [1.54, 1.807) is 59.1 Å². The molecule has 0 spiro atoms. The molecular weight excluding hydrogens is 379 g/mol. The van der Waals surface area contributed by atoms with Crippen LogP contribution in [0.5, 0.6) is 0 Å². The predicted molar refractivity (Wildman–Crippen MR) is 107 cm³/mol. The minimum Gasteiger partial charge on any atom is -0.319 e. The average Bonchev–Trinajstić information content (AvgIpc) is 3.07. The molecule has 0 radical (unpaired) electrons. The number of aromatic nitrogens is 1. The van der Waals surface area contributed by atoms with Crippen molar-refractivity contribution in [2.75, 3.05) is 5.32 Å². The summed E-state index contributed by atoms with van der Waals surface area (Å²) in [5.74, 6) is -1.86. The van der Waals surface area contributed by atoms with E-state index in [1.807, 2.05) is 12.1 Å². The number of pyridine rings is 1. The number of fused-ring (bicyclic) bond motifs is 1. The fourth-order valence-electron chi connectivity index (χ4n) is 3.07. The summed E-state index contributed by atoms with van der Waals surface area (Å²) < 4.78 is 15.0. The Morgan fingerprint density at radius 3 is 2.46 bits per heavy atom. The van der Waals surface area contributed by atoms with Crippen LogP contribution in [0.3, 0.4) is 0 Å². The Labute approximate surface area is 165 Å². The molecule has 1 amide bonds. The summed E-state index contributed by atoms with van der Waals surface area (Å²) in [6, 6.07) is 19.6. The highest BCUT2D eigenvalue weighted by atomic mass is 35.5. The first-order valence-corrected chi connectivity index (χ1v) is 8.88. The summed E-state index contributed by atoms with van der Waals surface area (Å²) in [6.07, 6.45) is 1.71. The van der Waals surface area contributed by atoms with E-state index >= 15 is 0 Å². The molecule has 4 aromatic rings. The molecule has 2 aromatic carbocycles. The molecule has 0 aliphatic heterocycles. The van der Waals surface area contributed by atoms with Gasteiger partial charge in [-0.2, -0.15) is 0 Å². The Kier molecular flexibility index (Phi) is 4.67. The average molecular weight is 393 g/mol. The lowest BCUT2D eigenvalue weighted by atomic mass is 10.0. The van der Waals surface area contributed by atoms with Crippen molar-refractivity contribution < 1.29 is 14.0 Å². The van der Waals surface area contributed by atoms with Gasteiger partial charge >= 0.3 is 0 Å². The van der Waals surface area contributed by atoms with Crippen LogP contribution in [0.15, 0.2) is 79.0 Å². The molecule has 1 N–H and O–H groups in total. The maximum absolute atomic E-state index is 13.3. The molecule has 0 bridgehead atoms. The fraction of sp³-hybridized carbons (Fsp3) is 0. The third kappa shape index (κ3) is 3.40. The van der Waals surface area contributed by atoms with Crippen LogP contribution in [-0.2, 0) is 4.79 Å². The number of halogens is 2. The molecule has 28 heavy (non-hydrogen) atoms. The third-order valence-corrected chi connectivity index (χ3v) is 4.57. The van der Waals surface area contributed by atoms with Gasteiger partial charge in [0.2, 0.25) is 0 Å². The van der Waals surface area contributed by atoms with E-state index in [2.05, 4.69) is 5.32 Å². The first kappa shape index (κ1) is 17.9. The number of hydrogen-bond donors (Lipinski definition) is 1. The second kappa shape index (κ2) is 7.29. The van der Waals surface area contributed by atoms with Crippen LogP contribution in [-0.4, -0.2) is 16.1 Å². The van der Waals surface area contributed by atoms with Crippen LogP contribution in [0.1, 0.15) is 10.5 Å². The number of carbonyl (C=O) groups is 2. The second-order valence-electron chi connectivity index (χ2n) is 6.20. The van der Waals surface area contributed by atoms with Gasteiger partial charge in [-0.3, -0.25) is 9.59 Å². The summed E-state index contributed by atoms with van der Waals surface area (Å²) in [7, 11) is 0. The minimum absolute atomic E-state index is 0.210. The number of amides is 1. The number of hydrogen-bond acceptors (Lipinski definition) is 2. The van der Waals surface area contributed by atoms with Crippen LogP contribution >= 0.6 is 11.6 Å². The molecule has 138 valence electrons. The van der Waals surface area contributed by atoms with Gasteiger partial charge in [0.05, 0.1) is 0 Å². The van der Waals surface area contributed by atoms with Gasteiger partial charge in [-0.1, -0.05) is 35.9 Å². The molecule has 0 fully saturated rings. The molecule has 6 heteroatoms. The largest absolute Gasteiger partial charge is 0.319 e. The molecule has 0 saturated heterocycles. The van der Waals surface area contributed by atoms with Crippen molar-refractivity contribution in [2.45, 2.75) is 0 Å². The van der Waals surface area contributed by atoms with Gasteiger partial charge < -0.3 is 9.72 Å². The van der Waals surface area contributed by atoms with Crippen molar-refractivity contribution in [3.63, 3.8) is 0 Å². The van der Waals surface area contributed by atoms with Crippen molar-refractivity contribution in [3.05, 3.63) is 95.5 Å². The SMILES string of the molecule is O=C(Nc1cccc(Cl)c1)C(=O)c1c(-c2ccc(F)cc2)cc2ccccn12. The predicted octanol–water partition coefficient (Wildman–Crippen LogP) is 5.22. The standard InChI is InChI=1S/C22H14ClFN2O2/c23-15-4-3-5-17(12-15)25-22(28)21(27)20-19(14-7-9-16(24)10-8-14)13-18-6-1-2-11-26(18)20/h1-13H,(H,25,28). The van der Waals surface area contributed by atoms with Crippen LogP contribution in [0, 0.1) is 5.82 Å². The van der Waals surface area contributed by atoms with E-state index in [0.717, 1.165) is 5.52 Å². The van der Waals surface area contributed by atoms with Crippen LogP contribution < -0.4 is 5.32 Å². The minimum atomic E-state index is -0.783. The van der Waals surface area contributed by atoms with Crippen molar-refractivity contribution in [1.82, 2.24) is 4.40 Å². The van der Waals surface area contributed by atoms with Crippen molar-refractivity contribution in [2.24, 2.45) is 0 Å². The third-order valence-electron chi connectivity index (χ3n) is 4.34. The van der Waals surface area contributed by atoms with Gasteiger partial charge in [0.15, 0.2) is 0 Å². The quantitative estimate of drug-likeness (QED) is 0.382. The van der Waals surface area contributed by atoms with Crippen molar-refractivity contribution in [1.29, 1.82) is 0 Å². The smallest absolute Gasteiger partial charge is 0.298 e. The zero-order chi connectivity index (χ0) is 19.7. The Bertz CT molecular complexity index is 1200. The van der Waals surface area contributed by atoms with E-state index in [-0.39, 0.29) is 11.5 Å². The maximum Gasteiger partial charge on any atom is 0.298 e. The number of rotatable bonds is 4. The number of carbonyl (C=O) groups excluding carboxylic acids is 2. The summed E-state index contributed by atoms with van der Waals surface area (Å²) in [4.78, 5) is 25.7. The summed E-state index contributed by atoms with van der Waals surface area (Å²) >= 11 is 5.93. The summed E-state index contributed by atoms with van der Waals surface area (Å²) in [5.41, 5.74) is 2.58. The van der Waals surface area contributed by atoms with E-state index in [9.17, 15) is 14.0 Å². The molecule has 2 aromatic heterocycles. The molecule has 4 nitrogen and oxygen atoms in total. The first-order valence-electron chi connectivity index (χ1n) is 8.50. The zero-order valence-corrected chi connectivity index (χ0v) is 15.3. The highest BCUT2D eigenvalue weighted by Gasteiger charge is 2.24. The summed E-state index contributed by atoms with van der Waals surface area (Å²) in [5, 5.41) is 3.03. The number of anilines is 1. The van der Waals surface area contributed by atoms with Crippen LogP contribution in [0.2, 0.25) is 5.02 Å². The molecule has 0 aliphatic carbocycles. The number of benzene rings is 2. The molecule has 0 unspecified atom stereocenters. The fourth-order valence-corrected chi connectivity index (χ4v) is 3.26. The highest BCUT2D eigenvalue weighted by Crippen LogP contribution is 2.29. The van der Waals surface area contributed by atoms with Gasteiger partial charge in [-0.05, 0) is 54.1 Å². The van der Waals surface area contributed by atoms with E-state index in [1.165, 1.54) is 12.1 Å². The molecule has 0 saturated carbocycles. The lowest BCUT2D eigenvalue weighted by Crippen LogP contribution is -2.24. The van der Waals surface area contributed by atoms with E-state index < -0.39 is 11.7 Å². The monoisotopic (exact) mass is 392 g/mol. The molecule has 0 aliphatic rings. The number of nitrogens with one attached hydrogen (secondary N) is 1. The highest BCUT2D eigenvalue weighted by molar-refractivity contribution is 6.47. The Morgan fingerprint density at radius 1 is 0.929 bits per heavy atom. The molecule has 2 heterocycles. The topological polar surface area (TPSA) is 50.6 Å². The number of nitrogens with zero attached hydrogens (tertiary/aromatic N) is 1. The Hall–Kier alpha value is -3.44. The van der Waals surface area contributed by atoms with E-state index in [0.29, 0.717) is 21.8 Å². The van der Waals surface area contributed by atoms with E-state index in [4.69, 9.17) is 11.6 Å². The first-order chi connectivity index (χ1) is 13.5. The second-order valence-corrected chi connectivity index (χ2v) is 6.64. The lowest BCUT2D eigenvalue weighted by Gasteiger charge is -2.08. The van der Waals surface area contributed by atoms with Crippen LogP contribution in [0.25, 0.3) is 16.6 Å². The zero-order valence-electron chi connectivity index (χ0n) is 14.5. The van der Waals surface area contributed by atoms with Crippen molar-refractivity contribution >= 4 is 34.5 Å². The molecular formula is C22H14ClFN2O2. The summed E-state index contributed by atoms with van der Waals surface area (Å²) in [6.45, 7) is 0. The van der Waals surface area contributed by atoms with Gasteiger partial charge in [-0.15, -0.1) is 0 Å². The van der Waals surface area contributed by atoms with Crippen LogP contribution in [0.4, 0.5) is 10.1 Å². The molecule has 4 rings (SSSR count). The molecule has 0 atom stereocenters. The maximum atomic E-state index is 13.3.